The van der Waals surface area contributed by atoms with E-state index < -0.39 is 0 Å². The van der Waals surface area contributed by atoms with E-state index in [9.17, 15) is 0 Å². The summed E-state index contributed by atoms with van der Waals surface area (Å²) in [6.45, 7) is 0. The molecule has 2 aromatic heterocycles. The second-order valence-electron chi connectivity index (χ2n) is 6.47. The van der Waals surface area contributed by atoms with Gasteiger partial charge in [0, 0.05) is 34.2 Å². The van der Waals surface area contributed by atoms with E-state index in [1.165, 1.54) is 11.3 Å². The lowest BCUT2D eigenvalue weighted by Crippen LogP contribution is -2.24. The smallest absolute Gasteiger partial charge is 0.226 e. The zero-order valence-electron chi connectivity index (χ0n) is 14.8. The van der Waals surface area contributed by atoms with E-state index in [2.05, 4.69) is 15.1 Å². The highest BCUT2D eigenvalue weighted by Gasteiger charge is 2.20. The molecule has 0 aliphatic heterocycles. The summed E-state index contributed by atoms with van der Waals surface area (Å²) < 4.78 is 11.2. The lowest BCUT2D eigenvalue weighted by atomic mass is 9.96. The molecule has 3 aromatic rings. The minimum atomic E-state index is 0.298. The first-order valence-corrected chi connectivity index (χ1v) is 10.5. The lowest BCUT2D eigenvalue weighted by molar-refractivity contribution is 0.115. The Labute approximate surface area is 167 Å². The van der Waals surface area contributed by atoms with Crippen LogP contribution in [-0.4, -0.2) is 27.0 Å². The van der Waals surface area contributed by atoms with Gasteiger partial charge >= 0.3 is 0 Å². The van der Waals surface area contributed by atoms with Crippen molar-refractivity contribution in [2.24, 2.45) is 0 Å². The molecule has 140 valence electrons. The fourth-order valence-electron chi connectivity index (χ4n) is 2.69. The van der Waals surface area contributed by atoms with Crippen LogP contribution in [0.4, 0.5) is 0 Å². The van der Waals surface area contributed by atoms with Gasteiger partial charge in [0.2, 0.25) is 17.6 Å². The quantitative estimate of drug-likeness (QED) is 0.370. The number of pyridine rings is 1. The van der Waals surface area contributed by atoms with Crippen LogP contribution in [0.15, 0.2) is 52.0 Å². The Morgan fingerprint density at radius 1 is 1.19 bits per heavy atom. The van der Waals surface area contributed by atoms with Crippen LogP contribution in [0.1, 0.15) is 31.6 Å². The topological polar surface area (TPSA) is 61.0 Å². The molecule has 4 rings (SSSR count). The zero-order chi connectivity index (χ0) is 18.5. The summed E-state index contributed by atoms with van der Waals surface area (Å²) >= 11 is 7.70. The maximum atomic E-state index is 5.90. The van der Waals surface area contributed by atoms with Gasteiger partial charge in [0.1, 0.15) is 6.10 Å². The summed E-state index contributed by atoms with van der Waals surface area (Å²) in [4.78, 5) is 9.98. The molecule has 1 fully saturated rings. The Balaban J connectivity index is 1.29. The van der Waals surface area contributed by atoms with Crippen LogP contribution in [-0.2, 0) is 6.42 Å². The van der Waals surface area contributed by atoms with Crippen molar-refractivity contribution in [3.63, 3.8) is 0 Å². The first kappa shape index (κ1) is 18.3. The van der Waals surface area contributed by atoms with Crippen LogP contribution in [0.2, 0.25) is 5.02 Å². The number of rotatable bonds is 8. The van der Waals surface area contributed by atoms with Gasteiger partial charge in [-0.15, -0.1) is 11.8 Å². The van der Waals surface area contributed by atoms with E-state index >= 15 is 0 Å². The van der Waals surface area contributed by atoms with Gasteiger partial charge in [-0.2, -0.15) is 4.98 Å². The number of aromatic nitrogens is 3. The first-order chi connectivity index (χ1) is 13.3. The summed E-state index contributed by atoms with van der Waals surface area (Å²) in [5.74, 6) is 2.84. The molecule has 5 nitrogen and oxygen atoms in total. The molecule has 0 unspecified atom stereocenters. The molecular weight excluding hydrogens is 382 g/mol. The van der Waals surface area contributed by atoms with Crippen LogP contribution in [0, 0.1) is 0 Å². The SMILES string of the molecule is Clc1ccc(SCCCc2nc(-c3ccnc(OC4CCC4)c3)no2)cc1. The van der Waals surface area contributed by atoms with Crippen molar-refractivity contribution in [3.8, 4) is 17.3 Å². The third-order valence-electron chi connectivity index (χ3n) is 4.42. The highest BCUT2D eigenvalue weighted by Crippen LogP contribution is 2.26. The predicted molar refractivity (Wildman–Crippen MR) is 106 cm³/mol. The van der Waals surface area contributed by atoms with Crippen molar-refractivity contribution < 1.29 is 9.26 Å². The van der Waals surface area contributed by atoms with Crippen molar-refractivity contribution in [2.45, 2.75) is 43.1 Å². The van der Waals surface area contributed by atoms with E-state index in [4.69, 9.17) is 20.9 Å². The average Bonchev–Trinajstić information content (AvgIpc) is 3.13. The van der Waals surface area contributed by atoms with Crippen molar-refractivity contribution in [1.29, 1.82) is 0 Å². The number of hydrogen-bond donors (Lipinski definition) is 0. The molecule has 1 aliphatic carbocycles. The van der Waals surface area contributed by atoms with E-state index in [1.54, 1.807) is 18.0 Å². The standard InChI is InChI=1S/C20H20ClN3O2S/c21-15-6-8-17(9-7-15)27-12-2-5-18-23-20(24-26-18)14-10-11-22-19(13-14)25-16-3-1-4-16/h6-11,13,16H,1-5,12H2. The fraction of sp³-hybridized carbons (Fsp3) is 0.350. The summed E-state index contributed by atoms with van der Waals surface area (Å²) in [6.07, 6.45) is 7.17. The van der Waals surface area contributed by atoms with Gasteiger partial charge in [-0.1, -0.05) is 16.8 Å². The Hall–Kier alpha value is -2.05. The second kappa shape index (κ2) is 8.76. The van der Waals surface area contributed by atoms with E-state index in [1.807, 2.05) is 36.4 Å². The predicted octanol–water partition coefficient (Wildman–Crippen LogP) is 5.44. The Kier molecular flexibility index (Phi) is 5.94. The van der Waals surface area contributed by atoms with Crippen LogP contribution < -0.4 is 4.74 Å². The van der Waals surface area contributed by atoms with Crippen molar-refractivity contribution in [3.05, 3.63) is 53.5 Å². The number of aryl methyl sites for hydroxylation is 1. The maximum absolute atomic E-state index is 5.90. The van der Waals surface area contributed by atoms with Gasteiger partial charge in [0.15, 0.2) is 0 Å². The third kappa shape index (κ3) is 5.02. The van der Waals surface area contributed by atoms with Gasteiger partial charge in [-0.05, 0) is 61.8 Å². The fourth-order valence-corrected chi connectivity index (χ4v) is 3.67. The maximum Gasteiger partial charge on any atom is 0.226 e. The molecular formula is C20H20ClN3O2S. The molecule has 0 N–H and O–H groups in total. The Morgan fingerprint density at radius 3 is 2.81 bits per heavy atom. The lowest BCUT2D eigenvalue weighted by Gasteiger charge is -2.25. The third-order valence-corrected chi connectivity index (χ3v) is 5.77. The van der Waals surface area contributed by atoms with Crippen LogP contribution in [0.5, 0.6) is 5.88 Å². The number of halogens is 1. The minimum Gasteiger partial charge on any atom is -0.474 e. The molecule has 27 heavy (non-hydrogen) atoms. The Bertz CT molecular complexity index is 881. The molecule has 1 aromatic carbocycles. The Morgan fingerprint density at radius 2 is 2.04 bits per heavy atom. The van der Waals surface area contributed by atoms with Crippen LogP contribution in [0.3, 0.4) is 0 Å². The number of hydrogen-bond acceptors (Lipinski definition) is 6. The summed E-state index contributed by atoms with van der Waals surface area (Å²) in [5, 5.41) is 4.86. The van der Waals surface area contributed by atoms with E-state index in [0.717, 1.165) is 42.0 Å². The number of nitrogens with zero attached hydrogens (tertiary/aromatic N) is 3. The molecule has 1 saturated carbocycles. The van der Waals surface area contributed by atoms with E-state index in [-0.39, 0.29) is 0 Å². The van der Waals surface area contributed by atoms with E-state index in [0.29, 0.717) is 23.7 Å². The second-order valence-corrected chi connectivity index (χ2v) is 8.08. The molecule has 0 saturated heterocycles. The first-order valence-electron chi connectivity index (χ1n) is 9.10. The molecule has 0 amide bonds. The summed E-state index contributed by atoms with van der Waals surface area (Å²) in [7, 11) is 0. The van der Waals surface area contributed by atoms with Gasteiger partial charge < -0.3 is 9.26 Å². The van der Waals surface area contributed by atoms with Crippen LogP contribution in [0.25, 0.3) is 11.4 Å². The molecule has 2 heterocycles. The number of benzene rings is 1. The van der Waals surface area contributed by atoms with Gasteiger partial charge in [0.25, 0.3) is 0 Å². The largest absolute Gasteiger partial charge is 0.474 e. The van der Waals surface area contributed by atoms with Crippen molar-refractivity contribution >= 4 is 23.4 Å². The molecule has 0 radical (unpaired) electrons. The van der Waals surface area contributed by atoms with Crippen LogP contribution >= 0.6 is 23.4 Å². The monoisotopic (exact) mass is 401 g/mol. The minimum absolute atomic E-state index is 0.298. The average molecular weight is 402 g/mol. The highest BCUT2D eigenvalue weighted by atomic mass is 35.5. The van der Waals surface area contributed by atoms with Crippen molar-refractivity contribution in [2.75, 3.05) is 5.75 Å². The molecule has 0 bridgehead atoms. The number of thioether (sulfide) groups is 1. The highest BCUT2D eigenvalue weighted by molar-refractivity contribution is 7.99. The zero-order valence-corrected chi connectivity index (χ0v) is 16.4. The van der Waals surface area contributed by atoms with Gasteiger partial charge in [-0.3, -0.25) is 0 Å². The number of ether oxygens (including phenoxy) is 1. The summed E-state index contributed by atoms with van der Waals surface area (Å²) in [5.41, 5.74) is 0.866. The molecule has 0 atom stereocenters. The molecule has 7 heteroatoms. The summed E-state index contributed by atoms with van der Waals surface area (Å²) in [6, 6.07) is 11.6. The van der Waals surface area contributed by atoms with Crippen molar-refractivity contribution in [1.82, 2.24) is 15.1 Å². The van der Waals surface area contributed by atoms with Gasteiger partial charge in [-0.25, -0.2) is 4.98 Å². The molecule has 1 aliphatic rings. The molecule has 0 spiro atoms. The normalized spacial score (nSPS) is 14.1. The van der Waals surface area contributed by atoms with Gasteiger partial charge in [0.05, 0.1) is 0 Å².